The van der Waals surface area contributed by atoms with Gasteiger partial charge in [0.1, 0.15) is 5.75 Å². The van der Waals surface area contributed by atoms with Gasteiger partial charge < -0.3 is 14.7 Å². The van der Waals surface area contributed by atoms with Crippen molar-refractivity contribution in [3.63, 3.8) is 0 Å². The molecule has 1 N–H and O–H groups in total. The number of nitrogens with zero attached hydrogens (tertiary/aromatic N) is 1. The number of thiophene rings is 1. The van der Waals surface area contributed by atoms with E-state index in [0.717, 1.165) is 4.88 Å². The largest absolute Gasteiger partial charge is 0.497 e. The van der Waals surface area contributed by atoms with E-state index in [9.17, 15) is 9.90 Å². The third kappa shape index (κ3) is 4.50. The number of halogens is 1. The summed E-state index contributed by atoms with van der Waals surface area (Å²) in [6, 6.07) is 8.77. The molecule has 0 spiro atoms. The zero-order chi connectivity index (χ0) is 17.7. The quantitative estimate of drug-likeness (QED) is 0.800. The number of benzene rings is 1. The highest BCUT2D eigenvalue weighted by Gasteiger charge is 2.24. The molecule has 1 aromatic heterocycles. The lowest BCUT2D eigenvalue weighted by molar-refractivity contribution is 0.0566. The van der Waals surface area contributed by atoms with E-state index in [-0.39, 0.29) is 18.6 Å². The van der Waals surface area contributed by atoms with E-state index in [2.05, 4.69) is 0 Å². The summed E-state index contributed by atoms with van der Waals surface area (Å²) >= 11 is 7.74. The van der Waals surface area contributed by atoms with Crippen molar-refractivity contribution in [3.05, 3.63) is 50.7 Å². The predicted octanol–water partition coefficient (Wildman–Crippen LogP) is 4.13. The highest BCUT2D eigenvalue weighted by molar-refractivity contribution is 7.11. The smallest absolute Gasteiger partial charge is 0.254 e. The fourth-order valence-electron chi connectivity index (χ4n) is 2.52. The van der Waals surface area contributed by atoms with Crippen LogP contribution in [0.4, 0.5) is 0 Å². The number of rotatable bonds is 7. The lowest BCUT2D eigenvalue weighted by Gasteiger charge is -2.30. The van der Waals surface area contributed by atoms with E-state index >= 15 is 0 Å². The molecule has 1 atom stereocenters. The van der Waals surface area contributed by atoms with Crippen LogP contribution < -0.4 is 4.74 Å². The Morgan fingerprint density at radius 3 is 2.67 bits per heavy atom. The van der Waals surface area contributed by atoms with Crippen molar-refractivity contribution in [1.82, 2.24) is 4.90 Å². The second-order valence-electron chi connectivity index (χ2n) is 5.57. The first-order valence-electron chi connectivity index (χ1n) is 7.80. The number of aryl methyl sites for hydroxylation is 1. The van der Waals surface area contributed by atoms with Crippen molar-refractivity contribution in [1.29, 1.82) is 0 Å². The minimum Gasteiger partial charge on any atom is -0.497 e. The van der Waals surface area contributed by atoms with Gasteiger partial charge in [-0.25, -0.2) is 0 Å². The van der Waals surface area contributed by atoms with Gasteiger partial charge in [-0.1, -0.05) is 18.5 Å². The summed E-state index contributed by atoms with van der Waals surface area (Å²) in [6.45, 7) is 4.38. The Kier molecular flexibility index (Phi) is 6.66. The van der Waals surface area contributed by atoms with E-state index in [1.165, 1.54) is 12.0 Å². The van der Waals surface area contributed by atoms with Gasteiger partial charge in [0.15, 0.2) is 0 Å². The molecule has 2 aromatic rings. The lowest BCUT2D eigenvalue weighted by atomic mass is 10.1. The predicted molar refractivity (Wildman–Crippen MR) is 98.1 cm³/mol. The standard InChI is InChI=1S/C18H22ClNO3S/c1-4-15(11-21)20(10-17-6-5-12(2)24-17)18(22)13-7-14(19)9-16(8-13)23-3/h5-9,15,21H,4,10-11H2,1-3H3/t15-/m1/s1. The maximum atomic E-state index is 13.0. The zero-order valence-corrected chi connectivity index (χ0v) is 15.7. The summed E-state index contributed by atoms with van der Waals surface area (Å²) < 4.78 is 5.20. The molecule has 1 amide bonds. The van der Waals surface area contributed by atoms with Crippen LogP contribution >= 0.6 is 22.9 Å². The van der Waals surface area contributed by atoms with Gasteiger partial charge in [-0.2, -0.15) is 0 Å². The Morgan fingerprint density at radius 1 is 1.38 bits per heavy atom. The third-order valence-corrected chi connectivity index (χ3v) is 5.06. The molecule has 6 heteroatoms. The van der Waals surface area contributed by atoms with Gasteiger partial charge in [0.2, 0.25) is 0 Å². The molecule has 0 saturated heterocycles. The average Bonchev–Trinajstić information content (AvgIpc) is 2.98. The summed E-state index contributed by atoms with van der Waals surface area (Å²) in [5.41, 5.74) is 0.458. The Labute approximate surface area is 151 Å². The highest BCUT2D eigenvalue weighted by Crippen LogP contribution is 2.25. The summed E-state index contributed by atoms with van der Waals surface area (Å²) in [4.78, 5) is 17.0. The fraction of sp³-hybridized carbons (Fsp3) is 0.389. The van der Waals surface area contributed by atoms with Crippen LogP contribution in [0.1, 0.15) is 33.5 Å². The van der Waals surface area contributed by atoms with Crippen molar-refractivity contribution in [3.8, 4) is 5.75 Å². The molecule has 130 valence electrons. The monoisotopic (exact) mass is 367 g/mol. The number of ether oxygens (including phenoxy) is 1. The van der Waals surface area contributed by atoms with Crippen LogP contribution in [0.25, 0.3) is 0 Å². The van der Waals surface area contributed by atoms with Gasteiger partial charge >= 0.3 is 0 Å². The van der Waals surface area contributed by atoms with E-state index in [0.29, 0.717) is 29.3 Å². The molecular formula is C18H22ClNO3S. The number of methoxy groups -OCH3 is 1. The van der Waals surface area contributed by atoms with Gasteiger partial charge in [-0.3, -0.25) is 4.79 Å². The Bertz CT molecular complexity index is 697. The number of hydrogen-bond donors (Lipinski definition) is 1. The Balaban J connectivity index is 2.34. The number of carbonyl (C=O) groups is 1. The molecule has 0 aliphatic rings. The van der Waals surface area contributed by atoms with Crippen LogP contribution in [-0.4, -0.2) is 35.7 Å². The number of aliphatic hydroxyl groups is 1. The third-order valence-electron chi connectivity index (χ3n) is 3.86. The lowest BCUT2D eigenvalue weighted by Crippen LogP contribution is -2.41. The van der Waals surface area contributed by atoms with E-state index < -0.39 is 0 Å². The summed E-state index contributed by atoms with van der Waals surface area (Å²) in [7, 11) is 1.54. The Morgan fingerprint density at radius 2 is 2.12 bits per heavy atom. The number of carbonyl (C=O) groups excluding carboxylic acids is 1. The van der Waals surface area contributed by atoms with E-state index in [4.69, 9.17) is 16.3 Å². The summed E-state index contributed by atoms with van der Waals surface area (Å²) in [5.74, 6) is 0.373. The summed E-state index contributed by atoms with van der Waals surface area (Å²) in [5, 5.41) is 10.1. The van der Waals surface area contributed by atoms with Crippen molar-refractivity contribution >= 4 is 28.8 Å². The van der Waals surface area contributed by atoms with Crippen LogP contribution in [0.5, 0.6) is 5.75 Å². The maximum Gasteiger partial charge on any atom is 0.254 e. The van der Waals surface area contributed by atoms with Crippen molar-refractivity contribution in [2.24, 2.45) is 0 Å². The molecule has 1 aromatic carbocycles. The Hall–Kier alpha value is -1.56. The minimum atomic E-state index is -0.245. The molecule has 0 aliphatic carbocycles. The van der Waals surface area contributed by atoms with Gasteiger partial charge in [-0.15, -0.1) is 11.3 Å². The highest BCUT2D eigenvalue weighted by atomic mass is 35.5. The summed E-state index contributed by atoms with van der Waals surface area (Å²) in [6.07, 6.45) is 0.671. The van der Waals surface area contributed by atoms with Crippen LogP contribution in [0, 0.1) is 6.92 Å². The molecule has 0 saturated carbocycles. The number of aliphatic hydroxyl groups excluding tert-OH is 1. The minimum absolute atomic E-state index is 0.0791. The maximum absolute atomic E-state index is 13.0. The molecular weight excluding hydrogens is 346 g/mol. The van der Waals surface area contributed by atoms with Gasteiger partial charge in [0.05, 0.1) is 26.3 Å². The average molecular weight is 368 g/mol. The molecule has 0 bridgehead atoms. The molecule has 0 fully saturated rings. The normalized spacial score (nSPS) is 12.0. The first-order valence-corrected chi connectivity index (χ1v) is 8.99. The van der Waals surface area contributed by atoms with Crippen LogP contribution in [0.3, 0.4) is 0 Å². The topological polar surface area (TPSA) is 49.8 Å². The van der Waals surface area contributed by atoms with Crippen LogP contribution in [-0.2, 0) is 6.54 Å². The van der Waals surface area contributed by atoms with Crippen molar-refractivity contribution < 1.29 is 14.6 Å². The van der Waals surface area contributed by atoms with E-state index in [1.807, 2.05) is 26.0 Å². The molecule has 4 nitrogen and oxygen atoms in total. The first-order chi connectivity index (χ1) is 11.5. The number of amides is 1. The first kappa shape index (κ1) is 18.8. The molecule has 0 radical (unpaired) electrons. The fourth-order valence-corrected chi connectivity index (χ4v) is 3.64. The second-order valence-corrected chi connectivity index (χ2v) is 7.38. The van der Waals surface area contributed by atoms with E-state index in [1.54, 1.807) is 34.4 Å². The van der Waals surface area contributed by atoms with Crippen LogP contribution in [0.2, 0.25) is 5.02 Å². The second kappa shape index (κ2) is 8.51. The number of hydrogen-bond acceptors (Lipinski definition) is 4. The van der Waals surface area contributed by atoms with Crippen molar-refractivity contribution in [2.75, 3.05) is 13.7 Å². The molecule has 2 rings (SSSR count). The molecule has 1 heterocycles. The molecule has 24 heavy (non-hydrogen) atoms. The van der Waals surface area contributed by atoms with Crippen molar-refractivity contribution in [2.45, 2.75) is 32.9 Å². The zero-order valence-electron chi connectivity index (χ0n) is 14.1. The van der Waals surface area contributed by atoms with Gasteiger partial charge in [-0.05, 0) is 43.7 Å². The van der Waals surface area contributed by atoms with Gasteiger partial charge in [0, 0.05) is 20.3 Å². The van der Waals surface area contributed by atoms with Crippen LogP contribution in [0.15, 0.2) is 30.3 Å². The molecule has 0 aliphatic heterocycles. The molecule has 0 unspecified atom stereocenters. The van der Waals surface area contributed by atoms with Gasteiger partial charge in [0.25, 0.3) is 5.91 Å². The SMILES string of the molecule is CC[C@H](CO)N(Cc1ccc(C)s1)C(=O)c1cc(Cl)cc(OC)c1.